The monoisotopic (exact) mass is 244 g/mol. The molecular formula is C10H20N4O3. The highest BCUT2D eigenvalue weighted by atomic mass is 16.2. The Morgan fingerprint density at radius 1 is 1.24 bits per heavy atom. The number of amides is 3. The minimum absolute atomic E-state index is 0.0254. The predicted molar refractivity (Wildman–Crippen MR) is 62.7 cm³/mol. The van der Waals surface area contributed by atoms with Crippen LogP contribution in [0, 0.1) is 0 Å². The summed E-state index contributed by atoms with van der Waals surface area (Å²) in [5.74, 6) is -1.34. The molecule has 0 aliphatic rings. The molecule has 0 rings (SSSR count). The van der Waals surface area contributed by atoms with Crippen molar-refractivity contribution in [2.75, 3.05) is 19.6 Å². The summed E-state index contributed by atoms with van der Waals surface area (Å²) >= 11 is 0. The van der Waals surface area contributed by atoms with E-state index in [1.807, 2.05) is 0 Å². The van der Waals surface area contributed by atoms with Gasteiger partial charge in [0.2, 0.25) is 17.7 Å². The first-order valence-corrected chi connectivity index (χ1v) is 5.42. The predicted octanol–water partition coefficient (Wildman–Crippen LogP) is -1.83. The molecule has 98 valence electrons. The van der Waals surface area contributed by atoms with Crippen LogP contribution in [0.15, 0.2) is 0 Å². The standard InChI is InChI=1S/C10H20N4O3/c1-7(2)13-9(16)6-14(5-8(12)15)10(17)3-4-11/h7H,3-6,11H2,1-2H3,(H2,12,15)(H,13,16). The molecule has 0 bridgehead atoms. The van der Waals surface area contributed by atoms with E-state index < -0.39 is 5.91 Å². The highest BCUT2D eigenvalue weighted by Gasteiger charge is 2.18. The second-order valence-corrected chi connectivity index (χ2v) is 3.98. The summed E-state index contributed by atoms with van der Waals surface area (Å²) in [6.45, 7) is 3.32. The molecule has 17 heavy (non-hydrogen) atoms. The highest BCUT2D eigenvalue weighted by molar-refractivity contribution is 5.88. The van der Waals surface area contributed by atoms with E-state index in [1.54, 1.807) is 13.8 Å². The Hall–Kier alpha value is -1.63. The molecule has 0 saturated heterocycles. The fraction of sp³-hybridized carbons (Fsp3) is 0.700. The van der Waals surface area contributed by atoms with Crippen molar-refractivity contribution in [3.05, 3.63) is 0 Å². The van der Waals surface area contributed by atoms with Crippen LogP contribution in [0.2, 0.25) is 0 Å². The summed E-state index contributed by atoms with van der Waals surface area (Å²) in [6, 6.07) is -0.0254. The maximum atomic E-state index is 11.6. The lowest BCUT2D eigenvalue weighted by Gasteiger charge is -2.21. The number of primary amides is 1. The zero-order chi connectivity index (χ0) is 13.4. The van der Waals surface area contributed by atoms with Gasteiger partial charge in [0.1, 0.15) is 6.54 Å². The molecule has 7 heteroatoms. The smallest absolute Gasteiger partial charge is 0.239 e. The lowest BCUT2D eigenvalue weighted by atomic mass is 10.3. The average Bonchev–Trinajstić information content (AvgIpc) is 2.14. The van der Waals surface area contributed by atoms with Gasteiger partial charge in [0.25, 0.3) is 0 Å². The maximum Gasteiger partial charge on any atom is 0.239 e. The molecule has 0 atom stereocenters. The third kappa shape index (κ3) is 7.29. The third-order valence-corrected chi connectivity index (χ3v) is 1.84. The molecule has 0 unspecified atom stereocenters. The molecule has 0 aromatic carbocycles. The van der Waals surface area contributed by atoms with Crippen LogP contribution in [0.4, 0.5) is 0 Å². The third-order valence-electron chi connectivity index (χ3n) is 1.84. The van der Waals surface area contributed by atoms with Crippen LogP contribution in [-0.2, 0) is 14.4 Å². The van der Waals surface area contributed by atoms with Crippen molar-refractivity contribution in [3.63, 3.8) is 0 Å². The van der Waals surface area contributed by atoms with Gasteiger partial charge in [-0.15, -0.1) is 0 Å². The van der Waals surface area contributed by atoms with Gasteiger partial charge in [-0.25, -0.2) is 0 Å². The number of nitrogens with zero attached hydrogens (tertiary/aromatic N) is 1. The minimum atomic E-state index is -0.660. The van der Waals surface area contributed by atoms with E-state index in [1.165, 1.54) is 0 Å². The zero-order valence-electron chi connectivity index (χ0n) is 10.2. The van der Waals surface area contributed by atoms with Gasteiger partial charge >= 0.3 is 0 Å². The van der Waals surface area contributed by atoms with Crippen molar-refractivity contribution in [2.24, 2.45) is 11.5 Å². The quantitative estimate of drug-likeness (QED) is 0.488. The fourth-order valence-electron chi connectivity index (χ4n) is 1.24. The highest BCUT2D eigenvalue weighted by Crippen LogP contribution is 1.94. The molecule has 0 fully saturated rings. The molecule has 7 nitrogen and oxygen atoms in total. The Kier molecular flexibility index (Phi) is 6.88. The van der Waals surface area contributed by atoms with E-state index >= 15 is 0 Å². The molecule has 0 aromatic rings. The van der Waals surface area contributed by atoms with Gasteiger partial charge in [-0.2, -0.15) is 0 Å². The second kappa shape index (κ2) is 7.61. The number of carbonyl (C=O) groups is 3. The summed E-state index contributed by atoms with van der Waals surface area (Å²) in [5, 5.41) is 2.63. The van der Waals surface area contributed by atoms with Crippen molar-refractivity contribution in [1.29, 1.82) is 0 Å². The van der Waals surface area contributed by atoms with Gasteiger partial charge in [0, 0.05) is 19.0 Å². The zero-order valence-corrected chi connectivity index (χ0v) is 10.2. The number of nitrogens with one attached hydrogen (secondary N) is 1. The Bertz CT molecular complexity index is 291. The molecular weight excluding hydrogens is 224 g/mol. The molecule has 0 radical (unpaired) electrons. The number of carbonyl (C=O) groups excluding carboxylic acids is 3. The van der Waals surface area contributed by atoms with Gasteiger partial charge in [-0.1, -0.05) is 0 Å². The normalized spacial score (nSPS) is 10.1. The van der Waals surface area contributed by atoms with Gasteiger partial charge in [-0.3, -0.25) is 14.4 Å². The van der Waals surface area contributed by atoms with Crippen LogP contribution in [0.1, 0.15) is 20.3 Å². The molecule has 0 spiro atoms. The lowest BCUT2D eigenvalue weighted by Crippen LogP contribution is -2.46. The van der Waals surface area contributed by atoms with Crippen LogP contribution in [0.3, 0.4) is 0 Å². The fourth-order valence-corrected chi connectivity index (χ4v) is 1.24. The number of nitrogens with two attached hydrogens (primary N) is 2. The average molecular weight is 244 g/mol. The maximum absolute atomic E-state index is 11.6. The summed E-state index contributed by atoms with van der Waals surface area (Å²) < 4.78 is 0. The Labute approximate surface area is 100 Å². The van der Waals surface area contributed by atoms with Gasteiger partial charge in [0.05, 0.1) is 6.54 Å². The second-order valence-electron chi connectivity index (χ2n) is 3.98. The van der Waals surface area contributed by atoms with Crippen LogP contribution in [0.25, 0.3) is 0 Å². The van der Waals surface area contributed by atoms with Crippen molar-refractivity contribution in [3.8, 4) is 0 Å². The number of hydrogen-bond acceptors (Lipinski definition) is 4. The Morgan fingerprint density at radius 2 is 1.82 bits per heavy atom. The van der Waals surface area contributed by atoms with E-state index in [4.69, 9.17) is 11.5 Å². The number of rotatable bonds is 7. The van der Waals surface area contributed by atoms with E-state index in [2.05, 4.69) is 5.32 Å². The minimum Gasteiger partial charge on any atom is -0.368 e. The first-order valence-electron chi connectivity index (χ1n) is 5.42. The van der Waals surface area contributed by atoms with Gasteiger partial charge in [0.15, 0.2) is 0 Å². The van der Waals surface area contributed by atoms with Crippen molar-refractivity contribution in [1.82, 2.24) is 10.2 Å². The summed E-state index contributed by atoms with van der Waals surface area (Å²) in [6.07, 6.45) is 0.0856. The largest absolute Gasteiger partial charge is 0.368 e. The van der Waals surface area contributed by atoms with Crippen molar-refractivity contribution in [2.45, 2.75) is 26.3 Å². The summed E-state index contributed by atoms with van der Waals surface area (Å²) in [5.41, 5.74) is 10.3. The molecule has 5 N–H and O–H groups in total. The number of hydrogen-bond donors (Lipinski definition) is 3. The molecule has 0 aliphatic carbocycles. The van der Waals surface area contributed by atoms with E-state index in [-0.39, 0.29) is 43.9 Å². The molecule has 3 amide bonds. The van der Waals surface area contributed by atoms with Crippen LogP contribution < -0.4 is 16.8 Å². The molecule has 0 aromatic heterocycles. The first kappa shape index (κ1) is 15.4. The van der Waals surface area contributed by atoms with Gasteiger partial charge in [-0.05, 0) is 13.8 Å². The van der Waals surface area contributed by atoms with E-state index in [0.29, 0.717) is 0 Å². The lowest BCUT2D eigenvalue weighted by molar-refractivity contribution is -0.138. The van der Waals surface area contributed by atoms with E-state index in [0.717, 1.165) is 4.90 Å². The van der Waals surface area contributed by atoms with Crippen LogP contribution in [-0.4, -0.2) is 48.3 Å². The summed E-state index contributed by atoms with van der Waals surface area (Å²) in [7, 11) is 0. The Morgan fingerprint density at radius 3 is 2.24 bits per heavy atom. The molecule has 0 heterocycles. The summed E-state index contributed by atoms with van der Waals surface area (Å²) in [4.78, 5) is 34.9. The first-order chi connectivity index (χ1) is 7.86. The molecule has 0 aliphatic heterocycles. The SMILES string of the molecule is CC(C)NC(=O)CN(CC(N)=O)C(=O)CCN. The van der Waals surface area contributed by atoms with Crippen LogP contribution >= 0.6 is 0 Å². The van der Waals surface area contributed by atoms with Crippen LogP contribution in [0.5, 0.6) is 0 Å². The van der Waals surface area contributed by atoms with E-state index in [9.17, 15) is 14.4 Å². The topological polar surface area (TPSA) is 119 Å². The van der Waals surface area contributed by atoms with Gasteiger partial charge < -0.3 is 21.7 Å². The Balaban J connectivity index is 4.42. The van der Waals surface area contributed by atoms with Crippen molar-refractivity contribution >= 4 is 17.7 Å². The molecule has 0 saturated carbocycles. The van der Waals surface area contributed by atoms with Crippen molar-refractivity contribution < 1.29 is 14.4 Å².